The van der Waals surface area contributed by atoms with Crippen LogP contribution in [0.15, 0.2) is 97.3 Å². The summed E-state index contributed by atoms with van der Waals surface area (Å²) < 4.78 is 12.9. The molecule has 0 aliphatic rings. The van der Waals surface area contributed by atoms with Gasteiger partial charge in [-0.1, -0.05) is 60.7 Å². The fraction of sp³-hybridized carbons (Fsp3) is 0.0741. The van der Waals surface area contributed by atoms with Crippen LogP contribution >= 0.6 is 0 Å². The second-order valence-electron chi connectivity index (χ2n) is 7.34. The minimum absolute atomic E-state index is 0.282. The highest BCUT2D eigenvalue weighted by molar-refractivity contribution is 5.96. The number of carbonyl (C=O) groups excluding carboxylic acids is 1. The lowest BCUT2D eigenvalue weighted by Gasteiger charge is -2.14. The van der Waals surface area contributed by atoms with Gasteiger partial charge in [-0.15, -0.1) is 0 Å². The van der Waals surface area contributed by atoms with Gasteiger partial charge in [0, 0.05) is 17.3 Å². The first-order valence-corrected chi connectivity index (χ1v) is 10.7. The number of nitrogens with zero attached hydrogens (tertiary/aromatic N) is 3. The van der Waals surface area contributed by atoms with Crippen LogP contribution < -0.4 is 4.74 Å². The Morgan fingerprint density at radius 2 is 1.55 bits per heavy atom. The van der Waals surface area contributed by atoms with Crippen LogP contribution in [0, 0.1) is 0 Å². The summed E-state index contributed by atoms with van der Waals surface area (Å²) in [4.78, 5) is 17.0. The average Bonchev–Trinajstić information content (AvgIpc) is 3.29. The van der Waals surface area contributed by atoms with Gasteiger partial charge in [0.25, 0.3) is 0 Å². The Balaban J connectivity index is 1.68. The van der Waals surface area contributed by atoms with Gasteiger partial charge in [0.05, 0.1) is 18.5 Å². The van der Waals surface area contributed by atoms with E-state index < -0.39 is 5.97 Å². The van der Waals surface area contributed by atoms with Crippen molar-refractivity contribution in [1.82, 2.24) is 14.6 Å². The van der Waals surface area contributed by atoms with Crippen molar-refractivity contribution in [3.05, 3.63) is 103 Å². The number of fused-ring (bicyclic) bond motifs is 1. The summed E-state index contributed by atoms with van der Waals surface area (Å²) in [5.74, 6) is 1.00. The molecule has 6 heteroatoms. The van der Waals surface area contributed by atoms with Gasteiger partial charge >= 0.3 is 5.97 Å². The molecule has 0 unspecified atom stereocenters. The van der Waals surface area contributed by atoms with Crippen LogP contribution in [0.4, 0.5) is 0 Å². The molecular weight excluding hydrogens is 414 g/mol. The molecule has 0 aliphatic heterocycles. The highest BCUT2D eigenvalue weighted by Gasteiger charge is 2.20. The number of aromatic nitrogens is 3. The highest BCUT2D eigenvalue weighted by Crippen LogP contribution is 2.35. The van der Waals surface area contributed by atoms with E-state index in [2.05, 4.69) is 10.1 Å². The van der Waals surface area contributed by atoms with Gasteiger partial charge in [-0.05, 0) is 36.8 Å². The van der Waals surface area contributed by atoms with Crippen molar-refractivity contribution in [1.29, 1.82) is 0 Å². The third kappa shape index (κ3) is 4.06. The van der Waals surface area contributed by atoms with Crippen molar-refractivity contribution in [2.75, 3.05) is 6.61 Å². The van der Waals surface area contributed by atoms with Crippen molar-refractivity contribution in [3.8, 4) is 33.9 Å². The van der Waals surface area contributed by atoms with Gasteiger partial charge in [0.1, 0.15) is 17.1 Å². The second-order valence-corrected chi connectivity index (χ2v) is 7.34. The zero-order valence-corrected chi connectivity index (χ0v) is 18.0. The van der Waals surface area contributed by atoms with E-state index in [-0.39, 0.29) is 6.61 Å². The van der Waals surface area contributed by atoms with Gasteiger partial charge in [0.15, 0.2) is 5.65 Å². The molecule has 0 bridgehead atoms. The number of ether oxygens (including phenoxy) is 2. The number of para-hydroxylation sites is 1. The van der Waals surface area contributed by atoms with Crippen LogP contribution in [-0.2, 0) is 4.74 Å². The monoisotopic (exact) mass is 435 g/mol. The van der Waals surface area contributed by atoms with E-state index in [9.17, 15) is 4.79 Å². The molecule has 0 atom stereocenters. The molecular formula is C27H21N3O3. The fourth-order valence-electron chi connectivity index (χ4n) is 3.72. The SMILES string of the molecule is CCOC(=O)c1cnn2c(-c3cccc(Oc4ccccc4)c3)c(-c3ccccc3)cnc12. The van der Waals surface area contributed by atoms with E-state index in [0.717, 1.165) is 28.1 Å². The molecule has 0 spiro atoms. The summed E-state index contributed by atoms with van der Waals surface area (Å²) in [6.45, 7) is 2.05. The molecule has 33 heavy (non-hydrogen) atoms. The molecule has 0 radical (unpaired) electrons. The van der Waals surface area contributed by atoms with Crippen molar-refractivity contribution in [2.45, 2.75) is 6.92 Å². The Labute approximate surface area is 191 Å². The van der Waals surface area contributed by atoms with Crippen molar-refractivity contribution in [3.63, 3.8) is 0 Å². The predicted octanol–water partition coefficient (Wildman–Crippen LogP) is 6.03. The van der Waals surface area contributed by atoms with Crippen LogP contribution in [0.5, 0.6) is 11.5 Å². The van der Waals surface area contributed by atoms with Gasteiger partial charge < -0.3 is 9.47 Å². The van der Waals surface area contributed by atoms with Gasteiger partial charge in [0.2, 0.25) is 0 Å². The summed E-state index contributed by atoms with van der Waals surface area (Å²) in [5.41, 5.74) is 4.34. The zero-order chi connectivity index (χ0) is 22.6. The van der Waals surface area contributed by atoms with Crippen LogP contribution in [0.3, 0.4) is 0 Å². The van der Waals surface area contributed by atoms with Crippen molar-refractivity contribution in [2.24, 2.45) is 0 Å². The Kier molecular flexibility index (Phi) is 5.55. The van der Waals surface area contributed by atoms with Gasteiger partial charge in [-0.3, -0.25) is 0 Å². The summed E-state index contributed by atoms with van der Waals surface area (Å²) >= 11 is 0. The molecule has 0 N–H and O–H groups in total. The second kappa shape index (κ2) is 8.96. The zero-order valence-electron chi connectivity index (χ0n) is 18.0. The molecule has 162 valence electrons. The molecule has 0 saturated carbocycles. The maximum Gasteiger partial charge on any atom is 0.343 e. The number of hydrogen-bond acceptors (Lipinski definition) is 5. The maximum absolute atomic E-state index is 12.4. The standard InChI is InChI=1S/C27H21N3O3/c1-2-32-27(31)24-18-29-30-25(23(17-28-26(24)30)19-10-5-3-6-11-19)20-12-9-15-22(16-20)33-21-13-7-4-8-14-21/h3-18H,2H2,1H3. The molecule has 6 nitrogen and oxygen atoms in total. The van der Waals surface area contributed by atoms with Crippen LogP contribution in [0.1, 0.15) is 17.3 Å². The number of esters is 1. The Morgan fingerprint density at radius 1 is 0.848 bits per heavy atom. The molecule has 0 saturated heterocycles. The topological polar surface area (TPSA) is 65.7 Å². The third-order valence-corrected chi connectivity index (χ3v) is 5.19. The summed E-state index contributed by atoms with van der Waals surface area (Å²) in [5, 5.41) is 4.51. The van der Waals surface area contributed by atoms with E-state index >= 15 is 0 Å². The first-order chi connectivity index (χ1) is 16.2. The van der Waals surface area contributed by atoms with E-state index in [1.807, 2.05) is 84.9 Å². The van der Waals surface area contributed by atoms with Crippen molar-refractivity contribution >= 4 is 11.6 Å². The van der Waals surface area contributed by atoms with E-state index in [1.54, 1.807) is 17.6 Å². The largest absolute Gasteiger partial charge is 0.462 e. The number of hydrogen-bond donors (Lipinski definition) is 0. The first kappa shape index (κ1) is 20.5. The molecule has 0 fully saturated rings. The molecule has 0 amide bonds. The van der Waals surface area contributed by atoms with E-state index in [1.165, 1.54) is 6.20 Å². The van der Waals surface area contributed by atoms with Crippen LogP contribution in [0.2, 0.25) is 0 Å². The summed E-state index contributed by atoms with van der Waals surface area (Å²) in [7, 11) is 0. The van der Waals surface area contributed by atoms with Crippen LogP contribution in [0.25, 0.3) is 28.0 Å². The fourth-order valence-corrected chi connectivity index (χ4v) is 3.72. The normalized spacial score (nSPS) is 10.8. The lowest BCUT2D eigenvalue weighted by Crippen LogP contribution is -2.06. The maximum atomic E-state index is 12.4. The minimum Gasteiger partial charge on any atom is -0.462 e. The van der Waals surface area contributed by atoms with Gasteiger partial charge in [-0.25, -0.2) is 14.3 Å². The molecule has 5 rings (SSSR count). The summed E-state index contributed by atoms with van der Waals surface area (Å²) in [6.07, 6.45) is 3.28. The molecule has 2 heterocycles. The van der Waals surface area contributed by atoms with Crippen LogP contribution in [-0.4, -0.2) is 27.2 Å². The number of rotatable bonds is 6. The third-order valence-electron chi connectivity index (χ3n) is 5.19. The van der Waals surface area contributed by atoms with E-state index in [4.69, 9.17) is 9.47 Å². The molecule has 3 aromatic carbocycles. The highest BCUT2D eigenvalue weighted by atomic mass is 16.5. The quantitative estimate of drug-likeness (QED) is 0.305. The molecule has 0 aliphatic carbocycles. The van der Waals surface area contributed by atoms with Gasteiger partial charge in [-0.2, -0.15) is 5.10 Å². The van der Waals surface area contributed by atoms with Crippen molar-refractivity contribution < 1.29 is 14.3 Å². The first-order valence-electron chi connectivity index (χ1n) is 10.7. The molecule has 5 aromatic rings. The number of carbonyl (C=O) groups is 1. The predicted molar refractivity (Wildman–Crippen MR) is 126 cm³/mol. The Bertz CT molecular complexity index is 1410. The summed E-state index contributed by atoms with van der Waals surface area (Å²) in [6, 6.07) is 27.4. The minimum atomic E-state index is -0.445. The smallest absolute Gasteiger partial charge is 0.343 e. The molecule has 2 aromatic heterocycles. The number of benzene rings is 3. The van der Waals surface area contributed by atoms with E-state index in [0.29, 0.717) is 17.0 Å². The Hall–Kier alpha value is -4.45. The lowest BCUT2D eigenvalue weighted by molar-refractivity contribution is 0.0528. The lowest BCUT2D eigenvalue weighted by atomic mass is 10.0. The average molecular weight is 435 g/mol. The Morgan fingerprint density at radius 3 is 2.30 bits per heavy atom.